The molecule has 5 rings (SSSR count). The fourth-order valence-electron chi connectivity index (χ4n) is 5.35. The van der Waals surface area contributed by atoms with Gasteiger partial charge in [0.15, 0.2) is 0 Å². The molecule has 38 heavy (non-hydrogen) atoms. The Kier molecular flexibility index (Phi) is 8.27. The Bertz CT molecular complexity index is 1400. The molecule has 2 aromatic carbocycles. The fraction of sp³-hybridized carbons (Fsp3) is 0.367. The summed E-state index contributed by atoms with van der Waals surface area (Å²) < 4.78 is 7.05. The smallest absolute Gasteiger partial charge is 0.266 e. The van der Waals surface area contributed by atoms with Crippen LogP contribution in [0.5, 0.6) is 5.75 Å². The predicted molar refractivity (Wildman–Crippen MR) is 155 cm³/mol. The zero-order valence-electron chi connectivity index (χ0n) is 22.1. The molecule has 1 aliphatic carbocycles. The van der Waals surface area contributed by atoms with Gasteiger partial charge in [0.1, 0.15) is 17.0 Å². The van der Waals surface area contributed by atoms with Crippen molar-refractivity contribution in [2.75, 3.05) is 20.7 Å². The number of nitrogens with zero attached hydrogens (tertiary/aromatic N) is 4. The number of fused-ring (bicyclic) bond motifs is 1. The molecular formula is C30H33ClN4O2S. The summed E-state index contributed by atoms with van der Waals surface area (Å²) in [5.74, 6) is 0.774. The third-order valence-electron chi connectivity index (χ3n) is 7.42. The Labute approximate surface area is 233 Å². The van der Waals surface area contributed by atoms with Crippen molar-refractivity contribution in [2.45, 2.75) is 51.2 Å². The molecule has 2 heterocycles. The third kappa shape index (κ3) is 5.55. The number of carbonyl (C=O) groups excluding carboxylic acids is 1. The van der Waals surface area contributed by atoms with Crippen molar-refractivity contribution >= 4 is 38.9 Å². The van der Waals surface area contributed by atoms with Crippen LogP contribution in [0.1, 0.15) is 47.8 Å². The molecule has 1 saturated carbocycles. The Morgan fingerprint density at radius 2 is 1.74 bits per heavy atom. The lowest BCUT2D eigenvalue weighted by Crippen LogP contribution is -2.44. The minimum atomic E-state index is -0.0135. The second kappa shape index (κ2) is 11.8. The fourth-order valence-corrected chi connectivity index (χ4v) is 6.81. The van der Waals surface area contributed by atoms with Gasteiger partial charge in [-0.25, -0.2) is 9.97 Å². The molecule has 0 N–H and O–H groups in total. The quantitative estimate of drug-likeness (QED) is 0.239. The molecule has 0 unspecified atom stereocenters. The van der Waals surface area contributed by atoms with E-state index in [9.17, 15) is 4.79 Å². The monoisotopic (exact) mass is 548 g/mol. The van der Waals surface area contributed by atoms with E-state index >= 15 is 0 Å². The van der Waals surface area contributed by atoms with Crippen molar-refractivity contribution in [3.63, 3.8) is 0 Å². The average molecular weight is 549 g/mol. The molecule has 0 radical (unpaired) electrons. The van der Waals surface area contributed by atoms with Crippen LogP contribution in [-0.4, -0.2) is 58.5 Å². The van der Waals surface area contributed by atoms with E-state index in [1.54, 1.807) is 12.4 Å². The van der Waals surface area contributed by atoms with Gasteiger partial charge in [-0.2, -0.15) is 0 Å². The van der Waals surface area contributed by atoms with Gasteiger partial charge >= 0.3 is 0 Å². The van der Waals surface area contributed by atoms with Crippen LogP contribution in [0.15, 0.2) is 61.2 Å². The van der Waals surface area contributed by atoms with Crippen LogP contribution >= 0.6 is 22.9 Å². The second-order valence-corrected chi connectivity index (χ2v) is 11.4. The Hall–Kier alpha value is -3.00. The summed E-state index contributed by atoms with van der Waals surface area (Å²) >= 11 is 8.28. The summed E-state index contributed by atoms with van der Waals surface area (Å²) in [5, 5.41) is 1.47. The molecule has 1 fully saturated rings. The Morgan fingerprint density at radius 1 is 1.03 bits per heavy atom. The molecular weight excluding hydrogens is 516 g/mol. The SMILES string of the molecule is CCOc1ccc(-c2cncnc2)cc1CN(C(=O)c1sc2ccccc2c1Cl)C1CCC(N(C)C)CC1. The normalized spacial score (nSPS) is 17.6. The number of aromatic nitrogens is 2. The van der Waals surface area contributed by atoms with Gasteiger partial charge in [-0.3, -0.25) is 4.79 Å². The summed E-state index contributed by atoms with van der Waals surface area (Å²) in [6.45, 7) is 2.97. The van der Waals surface area contributed by atoms with Gasteiger partial charge in [0, 0.05) is 52.2 Å². The standard InChI is InChI=1S/C30H33ClN4O2S/c1-4-37-26-14-9-20(22-16-32-19-33-17-22)15-21(26)18-35(24-12-10-23(11-13-24)34(2)3)30(36)29-28(31)25-7-5-6-8-27(25)38-29/h5-9,14-17,19,23-24H,4,10-13,18H2,1-3H3. The molecule has 1 aliphatic rings. The highest BCUT2D eigenvalue weighted by atomic mass is 35.5. The van der Waals surface area contributed by atoms with E-state index in [2.05, 4.69) is 35.0 Å². The summed E-state index contributed by atoms with van der Waals surface area (Å²) in [4.78, 5) is 27.6. The minimum absolute atomic E-state index is 0.0135. The van der Waals surface area contributed by atoms with Crippen molar-refractivity contribution in [1.29, 1.82) is 0 Å². The van der Waals surface area contributed by atoms with Gasteiger partial charge in [0.25, 0.3) is 5.91 Å². The van der Waals surface area contributed by atoms with Crippen LogP contribution < -0.4 is 4.74 Å². The molecule has 2 aromatic heterocycles. The zero-order valence-corrected chi connectivity index (χ0v) is 23.6. The highest BCUT2D eigenvalue weighted by molar-refractivity contribution is 7.21. The van der Waals surface area contributed by atoms with Crippen molar-refractivity contribution in [2.24, 2.45) is 0 Å². The predicted octanol–water partition coefficient (Wildman–Crippen LogP) is 6.93. The van der Waals surface area contributed by atoms with Crippen molar-refractivity contribution in [3.8, 4) is 16.9 Å². The van der Waals surface area contributed by atoms with Gasteiger partial charge in [-0.15, -0.1) is 11.3 Å². The van der Waals surface area contributed by atoms with Crippen LogP contribution in [0.3, 0.4) is 0 Å². The number of benzene rings is 2. The van der Waals surface area contributed by atoms with E-state index in [1.807, 2.05) is 48.2 Å². The van der Waals surface area contributed by atoms with Gasteiger partial charge in [0.05, 0.1) is 11.6 Å². The number of ether oxygens (including phenoxy) is 1. The number of rotatable bonds is 8. The molecule has 4 aromatic rings. The third-order valence-corrected chi connectivity index (χ3v) is 9.09. The first-order chi connectivity index (χ1) is 18.5. The summed E-state index contributed by atoms with van der Waals surface area (Å²) in [6, 6.07) is 14.7. The molecule has 0 aliphatic heterocycles. The summed E-state index contributed by atoms with van der Waals surface area (Å²) in [7, 11) is 4.27. The van der Waals surface area contributed by atoms with E-state index in [0.717, 1.165) is 58.2 Å². The van der Waals surface area contributed by atoms with Gasteiger partial charge in [0.2, 0.25) is 0 Å². The lowest BCUT2D eigenvalue weighted by molar-refractivity contribution is 0.0572. The molecule has 1 amide bonds. The summed E-state index contributed by atoms with van der Waals surface area (Å²) in [6.07, 6.45) is 9.14. The van der Waals surface area contributed by atoms with Crippen LogP contribution in [0, 0.1) is 0 Å². The number of hydrogen-bond acceptors (Lipinski definition) is 6. The first-order valence-electron chi connectivity index (χ1n) is 13.1. The zero-order chi connectivity index (χ0) is 26.6. The maximum absolute atomic E-state index is 14.3. The number of thiophene rings is 1. The lowest BCUT2D eigenvalue weighted by Gasteiger charge is -2.39. The topological polar surface area (TPSA) is 58.6 Å². The number of carbonyl (C=O) groups is 1. The maximum atomic E-state index is 14.3. The van der Waals surface area contributed by atoms with E-state index in [4.69, 9.17) is 16.3 Å². The number of hydrogen-bond donors (Lipinski definition) is 0. The van der Waals surface area contributed by atoms with Crippen LogP contribution in [0.2, 0.25) is 5.02 Å². The molecule has 0 spiro atoms. The highest BCUT2D eigenvalue weighted by Gasteiger charge is 2.33. The average Bonchev–Trinajstić information content (AvgIpc) is 3.29. The molecule has 6 nitrogen and oxygen atoms in total. The van der Waals surface area contributed by atoms with E-state index < -0.39 is 0 Å². The summed E-state index contributed by atoms with van der Waals surface area (Å²) in [5.41, 5.74) is 2.88. The molecule has 198 valence electrons. The van der Waals surface area contributed by atoms with Crippen LogP contribution in [0.4, 0.5) is 0 Å². The largest absolute Gasteiger partial charge is 0.494 e. The Morgan fingerprint density at radius 3 is 2.42 bits per heavy atom. The first-order valence-corrected chi connectivity index (χ1v) is 14.3. The van der Waals surface area contributed by atoms with Crippen molar-refractivity contribution in [1.82, 2.24) is 19.8 Å². The minimum Gasteiger partial charge on any atom is -0.494 e. The Balaban J connectivity index is 1.53. The molecule has 8 heteroatoms. The lowest BCUT2D eigenvalue weighted by atomic mass is 9.89. The van der Waals surface area contributed by atoms with E-state index in [1.165, 1.54) is 17.7 Å². The van der Waals surface area contributed by atoms with E-state index in [0.29, 0.717) is 29.1 Å². The first kappa shape index (κ1) is 26.6. The van der Waals surface area contributed by atoms with Crippen LogP contribution in [-0.2, 0) is 6.54 Å². The highest BCUT2D eigenvalue weighted by Crippen LogP contribution is 2.38. The number of amides is 1. The number of halogens is 1. The molecule has 0 bridgehead atoms. The van der Waals surface area contributed by atoms with E-state index in [-0.39, 0.29) is 11.9 Å². The van der Waals surface area contributed by atoms with Gasteiger partial charge in [-0.1, -0.05) is 35.9 Å². The van der Waals surface area contributed by atoms with Gasteiger partial charge < -0.3 is 14.5 Å². The molecule has 0 saturated heterocycles. The van der Waals surface area contributed by atoms with Gasteiger partial charge in [-0.05, 0) is 70.5 Å². The molecule has 0 atom stereocenters. The van der Waals surface area contributed by atoms with Crippen LogP contribution in [0.25, 0.3) is 21.2 Å². The second-order valence-electron chi connectivity index (χ2n) is 9.98. The van der Waals surface area contributed by atoms with Crippen molar-refractivity contribution < 1.29 is 9.53 Å². The van der Waals surface area contributed by atoms with Crippen molar-refractivity contribution in [3.05, 3.63) is 76.6 Å². The maximum Gasteiger partial charge on any atom is 0.266 e.